The van der Waals surface area contributed by atoms with Crippen LogP contribution in [0.25, 0.3) is 0 Å². The van der Waals surface area contributed by atoms with Gasteiger partial charge in [-0.05, 0) is 49.3 Å². The molecule has 1 saturated heterocycles. The SMILES string of the molecule is CCSc1cc(OC)c(CC2CCCN2)cc1OC. The number of hydrogen-bond acceptors (Lipinski definition) is 4. The zero-order valence-corrected chi connectivity index (χ0v) is 12.8. The standard InChI is InChI=1S/C15H23NO2S/c1-4-19-15-10-13(17-2)11(9-14(15)18-3)8-12-6-5-7-16-12/h9-10,12,16H,4-8H2,1-3H3. The highest BCUT2D eigenvalue weighted by Crippen LogP contribution is 2.36. The van der Waals surface area contributed by atoms with Crippen LogP contribution < -0.4 is 14.8 Å². The van der Waals surface area contributed by atoms with Crippen molar-refractivity contribution < 1.29 is 9.47 Å². The number of thioether (sulfide) groups is 1. The fourth-order valence-corrected chi connectivity index (χ4v) is 3.34. The third-order valence-electron chi connectivity index (χ3n) is 3.50. The summed E-state index contributed by atoms with van der Waals surface area (Å²) < 4.78 is 11.1. The van der Waals surface area contributed by atoms with Crippen molar-refractivity contribution in [1.82, 2.24) is 5.32 Å². The third-order valence-corrected chi connectivity index (χ3v) is 4.41. The van der Waals surface area contributed by atoms with E-state index in [0.29, 0.717) is 6.04 Å². The zero-order chi connectivity index (χ0) is 13.7. The second-order valence-corrected chi connectivity index (χ2v) is 6.05. The molecule has 1 aliphatic heterocycles. The first kappa shape index (κ1) is 14.5. The molecule has 1 aromatic carbocycles. The number of nitrogens with one attached hydrogen (secondary N) is 1. The average molecular weight is 281 g/mol. The summed E-state index contributed by atoms with van der Waals surface area (Å²) in [7, 11) is 3.48. The first-order valence-corrected chi connectivity index (χ1v) is 7.88. The number of hydrogen-bond donors (Lipinski definition) is 1. The highest BCUT2D eigenvalue weighted by Gasteiger charge is 2.18. The molecule has 1 N–H and O–H groups in total. The number of rotatable bonds is 6. The summed E-state index contributed by atoms with van der Waals surface area (Å²) in [5.41, 5.74) is 1.24. The van der Waals surface area contributed by atoms with Crippen molar-refractivity contribution in [3.63, 3.8) is 0 Å². The molecule has 1 fully saturated rings. The Morgan fingerprint density at radius 2 is 2.05 bits per heavy atom. The van der Waals surface area contributed by atoms with Crippen molar-refractivity contribution in [3.05, 3.63) is 17.7 Å². The molecule has 2 rings (SSSR count). The van der Waals surface area contributed by atoms with Crippen LogP contribution >= 0.6 is 11.8 Å². The highest BCUT2D eigenvalue weighted by atomic mass is 32.2. The quantitative estimate of drug-likeness (QED) is 0.812. The molecule has 4 heteroatoms. The van der Waals surface area contributed by atoms with Gasteiger partial charge in [-0.1, -0.05) is 6.92 Å². The van der Waals surface area contributed by atoms with Crippen LogP contribution in [0, 0.1) is 0 Å². The number of ether oxygens (including phenoxy) is 2. The van der Waals surface area contributed by atoms with E-state index < -0.39 is 0 Å². The predicted octanol–water partition coefficient (Wildman–Crippen LogP) is 3.11. The van der Waals surface area contributed by atoms with Gasteiger partial charge < -0.3 is 14.8 Å². The van der Waals surface area contributed by atoms with Crippen molar-refractivity contribution in [1.29, 1.82) is 0 Å². The molecule has 1 atom stereocenters. The van der Waals surface area contributed by atoms with Gasteiger partial charge in [0, 0.05) is 6.04 Å². The van der Waals surface area contributed by atoms with Gasteiger partial charge in [-0.2, -0.15) is 0 Å². The lowest BCUT2D eigenvalue weighted by Gasteiger charge is -2.17. The topological polar surface area (TPSA) is 30.5 Å². The predicted molar refractivity (Wildman–Crippen MR) is 80.7 cm³/mol. The molecule has 0 radical (unpaired) electrons. The molecule has 0 spiro atoms. The first-order valence-electron chi connectivity index (χ1n) is 6.89. The van der Waals surface area contributed by atoms with E-state index in [9.17, 15) is 0 Å². The Bertz CT molecular complexity index is 417. The van der Waals surface area contributed by atoms with Crippen LogP contribution in [0.15, 0.2) is 17.0 Å². The van der Waals surface area contributed by atoms with Gasteiger partial charge in [-0.15, -0.1) is 11.8 Å². The summed E-state index contributed by atoms with van der Waals surface area (Å²) in [6.07, 6.45) is 3.53. The Balaban J connectivity index is 2.24. The Kier molecular flexibility index (Phi) is 5.40. The minimum Gasteiger partial charge on any atom is -0.496 e. The fraction of sp³-hybridized carbons (Fsp3) is 0.600. The van der Waals surface area contributed by atoms with Crippen molar-refractivity contribution in [2.75, 3.05) is 26.5 Å². The van der Waals surface area contributed by atoms with Crippen molar-refractivity contribution >= 4 is 11.8 Å². The fourth-order valence-electron chi connectivity index (χ4n) is 2.56. The maximum Gasteiger partial charge on any atom is 0.132 e. The molecule has 1 aliphatic rings. The lowest BCUT2D eigenvalue weighted by Crippen LogP contribution is -2.23. The van der Waals surface area contributed by atoms with E-state index in [1.54, 1.807) is 26.0 Å². The zero-order valence-electron chi connectivity index (χ0n) is 12.0. The van der Waals surface area contributed by atoms with Gasteiger partial charge in [0.2, 0.25) is 0 Å². The van der Waals surface area contributed by atoms with Gasteiger partial charge in [0.15, 0.2) is 0 Å². The molecule has 1 heterocycles. The summed E-state index contributed by atoms with van der Waals surface area (Å²) in [5, 5.41) is 3.53. The average Bonchev–Trinajstić information content (AvgIpc) is 2.93. The Labute approximate surface area is 120 Å². The molecule has 0 saturated carbocycles. The summed E-state index contributed by atoms with van der Waals surface area (Å²) in [5.74, 6) is 2.97. The van der Waals surface area contributed by atoms with Gasteiger partial charge in [0.25, 0.3) is 0 Å². The Hall–Kier alpha value is -0.870. The second kappa shape index (κ2) is 7.06. The highest BCUT2D eigenvalue weighted by molar-refractivity contribution is 7.99. The molecular formula is C15H23NO2S. The molecule has 0 aromatic heterocycles. The molecule has 1 unspecified atom stereocenters. The summed E-state index contributed by atoms with van der Waals surface area (Å²) >= 11 is 1.79. The van der Waals surface area contributed by atoms with E-state index in [4.69, 9.17) is 9.47 Å². The normalized spacial score (nSPS) is 18.6. The van der Waals surface area contributed by atoms with Gasteiger partial charge in [-0.3, -0.25) is 0 Å². The Morgan fingerprint density at radius 3 is 2.63 bits per heavy atom. The molecule has 19 heavy (non-hydrogen) atoms. The van der Waals surface area contributed by atoms with Gasteiger partial charge in [0.05, 0.1) is 19.1 Å². The first-order chi connectivity index (χ1) is 9.28. The van der Waals surface area contributed by atoms with Gasteiger partial charge >= 0.3 is 0 Å². The van der Waals surface area contributed by atoms with Gasteiger partial charge in [0.1, 0.15) is 11.5 Å². The van der Waals surface area contributed by atoms with Gasteiger partial charge in [-0.25, -0.2) is 0 Å². The van der Waals surface area contributed by atoms with Crippen molar-refractivity contribution in [2.24, 2.45) is 0 Å². The van der Waals surface area contributed by atoms with Crippen LogP contribution in [0.3, 0.4) is 0 Å². The van der Waals surface area contributed by atoms with Crippen LogP contribution in [0.4, 0.5) is 0 Å². The van der Waals surface area contributed by atoms with E-state index in [1.807, 2.05) is 0 Å². The third kappa shape index (κ3) is 3.57. The van der Waals surface area contributed by atoms with E-state index in [0.717, 1.165) is 35.1 Å². The summed E-state index contributed by atoms with van der Waals surface area (Å²) in [6.45, 7) is 3.28. The monoisotopic (exact) mass is 281 g/mol. The maximum atomic E-state index is 5.55. The largest absolute Gasteiger partial charge is 0.496 e. The minimum absolute atomic E-state index is 0.572. The lowest BCUT2D eigenvalue weighted by atomic mass is 10.0. The van der Waals surface area contributed by atoms with Crippen LogP contribution in [0.2, 0.25) is 0 Å². The molecule has 0 amide bonds. The summed E-state index contributed by atoms with van der Waals surface area (Å²) in [4.78, 5) is 1.16. The van der Waals surface area contributed by atoms with E-state index >= 15 is 0 Å². The molecule has 0 bridgehead atoms. The molecule has 1 aromatic rings. The van der Waals surface area contributed by atoms with Crippen molar-refractivity contribution in [2.45, 2.75) is 37.1 Å². The van der Waals surface area contributed by atoms with Crippen molar-refractivity contribution in [3.8, 4) is 11.5 Å². The minimum atomic E-state index is 0.572. The van der Waals surface area contributed by atoms with Crippen LogP contribution in [-0.4, -0.2) is 32.6 Å². The van der Waals surface area contributed by atoms with E-state index in [1.165, 1.54) is 18.4 Å². The second-order valence-electron chi connectivity index (χ2n) is 4.75. The maximum absolute atomic E-state index is 5.55. The molecule has 3 nitrogen and oxygen atoms in total. The number of benzene rings is 1. The molecule has 0 aliphatic carbocycles. The smallest absolute Gasteiger partial charge is 0.132 e. The van der Waals surface area contributed by atoms with E-state index in [-0.39, 0.29) is 0 Å². The molecule has 106 valence electrons. The van der Waals surface area contributed by atoms with E-state index in [2.05, 4.69) is 24.4 Å². The summed E-state index contributed by atoms with van der Waals surface area (Å²) in [6, 6.07) is 4.82. The Morgan fingerprint density at radius 1 is 1.26 bits per heavy atom. The van der Waals surface area contributed by atoms with Crippen LogP contribution in [0.1, 0.15) is 25.3 Å². The van der Waals surface area contributed by atoms with Crippen LogP contribution in [0.5, 0.6) is 11.5 Å². The van der Waals surface area contributed by atoms with Crippen LogP contribution in [-0.2, 0) is 6.42 Å². The lowest BCUT2D eigenvalue weighted by molar-refractivity contribution is 0.388. The number of methoxy groups -OCH3 is 2. The molecular weight excluding hydrogens is 258 g/mol.